The molecule has 2 rings (SSSR count). The lowest BCUT2D eigenvalue weighted by atomic mass is 10.0. The molecule has 2 aromatic rings. The standard InChI is InChI=1S/C12H11Br2NO/c13-9-1-2-10(11(14)6-9)12(15)5-8-3-4-16-7-8/h1-4,6-7,12H,5,15H2. The quantitative estimate of drug-likeness (QED) is 0.912. The molecule has 2 nitrogen and oxygen atoms in total. The molecule has 0 radical (unpaired) electrons. The molecule has 0 fully saturated rings. The third kappa shape index (κ3) is 2.75. The van der Waals surface area contributed by atoms with Gasteiger partial charge in [0.25, 0.3) is 0 Å². The molecular formula is C12H11Br2NO. The van der Waals surface area contributed by atoms with E-state index in [1.165, 1.54) is 0 Å². The van der Waals surface area contributed by atoms with Gasteiger partial charge in [-0.1, -0.05) is 37.9 Å². The molecule has 1 unspecified atom stereocenters. The number of nitrogens with two attached hydrogens (primary N) is 1. The largest absolute Gasteiger partial charge is 0.472 e. The lowest BCUT2D eigenvalue weighted by molar-refractivity contribution is 0.561. The molecule has 0 amide bonds. The van der Waals surface area contributed by atoms with E-state index in [1.54, 1.807) is 12.5 Å². The zero-order chi connectivity index (χ0) is 11.5. The first-order valence-corrected chi connectivity index (χ1v) is 6.47. The molecule has 16 heavy (non-hydrogen) atoms. The molecule has 0 aliphatic heterocycles. The fourth-order valence-electron chi connectivity index (χ4n) is 1.57. The predicted molar refractivity (Wildman–Crippen MR) is 71.2 cm³/mol. The van der Waals surface area contributed by atoms with Crippen LogP contribution in [0.5, 0.6) is 0 Å². The summed E-state index contributed by atoms with van der Waals surface area (Å²) < 4.78 is 7.09. The topological polar surface area (TPSA) is 39.2 Å². The van der Waals surface area contributed by atoms with Crippen molar-refractivity contribution in [2.75, 3.05) is 0 Å². The van der Waals surface area contributed by atoms with Gasteiger partial charge in [-0.15, -0.1) is 0 Å². The summed E-state index contributed by atoms with van der Waals surface area (Å²) in [6.07, 6.45) is 4.17. The van der Waals surface area contributed by atoms with Crippen molar-refractivity contribution in [3.63, 3.8) is 0 Å². The molecule has 4 heteroatoms. The second-order valence-corrected chi connectivity index (χ2v) is 5.38. The highest BCUT2D eigenvalue weighted by Gasteiger charge is 2.11. The molecular weight excluding hydrogens is 334 g/mol. The van der Waals surface area contributed by atoms with Crippen molar-refractivity contribution in [3.8, 4) is 0 Å². The summed E-state index contributed by atoms with van der Waals surface area (Å²) >= 11 is 6.94. The first-order valence-electron chi connectivity index (χ1n) is 4.88. The van der Waals surface area contributed by atoms with Gasteiger partial charge in [0.05, 0.1) is 12.5 Å². The fourth-order valence-corrected chi connectivity index (χ4v) is 2.92. The summed E-state index contributed by atoms with van der Waals surface area (Å²) in [6, 6.07) is 7.94. The van der Waals surface area contributed by atoms with E-state index < -0.39 is 0 Å². The molecule has 1 atom stereocenters. The summed E-state index contributed by atoms with van der Waals surface area (Å²) in [5, 5.41) is 0. The smallest absolute Gasteiger partial charge is 0.0935 e. The summed E-state index contributed by atoms with van der Waals surface area (Å²) in [5.41, 5.74) is 8.36. The van der Waals surface area contributed by atoms with Crippen LogP contribution in [0.15, 0.2) is 50.2 Å². The highest BCUT2D eigenvalue weighted by Crippen LogP contribution is 2.27. The lowest BCUT2D eigenvalue weighted by Gasteiger charge is -2.13. The van der Waals surface area contributed by atoms with Crippen LogP contribution in [-0.2, 0) is 6.42 Å². The van der Waals surface area contributed by atoms with Gasteiger partial charge >= 0.3 is 0 Å². The zero-order valence-electron chi connectivity index (χ0n) is 8.49. The normalized spacial score (nSPS) is 12.7. The van der Waals surface area contributed by atoms with Gasteiger partial charge in [-0.3, -0.25) is 0 Å². The third-order valence-corrected chi connectivity index (χ3v) is 3.58. The maximum Gasteiger partial charge on any atom is 0.0935 e. The lowest BCUT2D eigenvalue weighted by Crippen LogP contribution is -2.13. The van der Waals surface area contributed by atoms with Crippen LogP contribution in [0.25, 0.3) is 0 Å². The van der Waals surface area contributed by atoms with Gasteiger partial charge in [0, 0.05) is 15.0 Å². The van der Waals surface area contributed by atoms with Gasteiger partial charge in [0.1, 0.15) is 0 Å². The van der Waals surface area contributed by atoms with Crippen LogP contribution in [0.2, 0.25) is 0 Å². The van der Waals surface area contributed by atoms with Crippen LogP contribution in [0, 0.1) is 0 Å². The average Bonchev–Trinajstić information content (AvgIpc) is 2.70. The minimum absolute atomic E-state index is 0.0277. The van der Waals surface area contributed by atoms with Gasteiger partial charge in [-0.25, -0.2) is 0 Å². The molecule has 0 spiro atoms. The highest BCUT2D eigenvalue weighted by molar-refractivity contribution is 9.11. The Morgan fingerprint density at radius 2 is 2.06 bits per heavy atom. The number of hydrogen-bond donors (Lipinski definition) is 1. The summed E-state index contributed by atoms with van der Waals surface area (Å²) in [4.78, 5) is 0. The van der Waals surface area contributed by atoms with E-state index in [2.05, 4.69) is 31.9 Å². The van der Waals surface area contributed by atoms with E-state index in [-0.39, 0.29) is 6.04 Å². The highest BCUT2D eigenvalue weighted by atomic mass is 79.9. The Morgan fingerprint density at radius 3 is 2.69 bits per heavy atom. The molecule has 1 heterocycles. The Balaban J connectivity index is 2.17. The SMILES string of the molecule is NC(Cc1ccoc1)c1ccc(Br)cc1Br. The van der Waals surface area contributed by atoms with Crippen molar-refractivity contribution in [2.45, 2.75) is 12.5 Å². The average molecular weight is 345 g/mol. The Labute approximate surface area is 111 Å². The van der Waals surface area contributed by atoms with Crippen LogP contribution >= 0.6 is 31.9 Å². The first kappa shape index (κ1) is 11.9. The van der Waals surface area contributed by atoms with Crippen molar-refractivity contribution in [1.82, 2.24) is 0 Å². The first-order chi connectivity index (χ1) is 7.66. The maximum absolute atomic E-state index is 6.15. The van der Waals surface area contributed by atoms with Gasteiger partial charge in [0.15, 0.2) is 0 Å². The molecule has 0 saturated carbocycles. The molecule has 2 N–H and O–H groups in total. The van der Waals surface area contributed by atoms with Crippen molar-refractivity contribution in [3.05, 3.63) is 56.9 Å². The van der Waals surface area contributed by atoms with Crippen molar-refractivity contribution < 1.29 is 4.42 Å². The Hall–Kier alpha value is -0.580. The monoisotopic (exact) mass is 343 g/mol. The summed E-state index contributed by atoms with van der Waals surface area (Å²) in [5.74, 6) is 0. The van der Waals surface area contributed by atoms with Crippen LogP contribution in [-0.4, -0.2) is 0 Å². The van der Waals surface area contributed by atoms with Crippen LogP contribution in [0.1, 0.15) is 17.2 Å². The molecule has 1 aromatic heterocycles. The van der Waals surface area contributed by atoms with Gasteiger partial charge in [-0.05, 0) is 35.7 Å². The number of benzene rings is 1. The van der Waals surface area contributed by atoms with Crippen LogP contribution in [0.4, 0.5) is 0 Å². The Kier molecular flexibility index (Phi) is 3.84. The number of furan rings is 1. The molecule has 0 bridgehead atoms. The second-order valence-electron chi connectivity index (χ2n) is 3.61. The Morgan fingerprint density at radius 1 is 1.25 bits per heavy atom. The predicted octanol–water partition coefficient (Wildman–Crippen LogP) is 4.05. The number of rotatable bonds is 3. The van der Waals surface area contributed by atoms with Crippen molar-refractivity contribution >= 4 is 31.9 Å². The van der Waals surface area contributed by atoms with E-state index in [1.807, 2.05) is 24.3 Å². The van der Waals surface area contributed by atoms with E-state index in [0.29, 0.717) is 0 Å². The third-order valence-electron chi connectivity index (χ3n) is 2.40. The van der Waals surface area contributed by atoms with Gasteiger partial charge < -0.3 is 10.2 Å². The second kappa shape index (κ2) is 5.17. The van der Waals surface area contributed by atoms with E-state index in [9.17, 15) is 0 Å². The molecule has 0 aliphatic carbocycles. The van der Waals surface area contributed by atoms with E-state index in [4.69, 9.17) is 10.2 Å². The Bertz CT molecular complexity index is 468. The summed E-state index contributed by atoms with van der Waals surface area (Å²) in [7, 11) is 0. The van der Waals surface area contributed by atoms with E-state index >= 15 is 0 Å². The number of halogens is 2. The van der Waals surface area contributed by atoms with Crippen molar-refractivity contribution in [1.29, 1.82) is 0 Å². The number of hydrogen-bond acceptors (Lipinski definition) is 2. The fraction of sp³-hybridized carbons (Fsp3) is 0.167. The van der Waals surface area contributed by atoms with Gasteiger partial charge in [-0.2, -0.15) is 0 Å². The summed E-state index contributed by atoms with van der Waals surface area (Å²) in [6.45, 7) is 0. The minimum atomic E-state index is -0.0277. The molecule has 1 aromatic carbocycles. The molecule has 0 saturated heterocycles. The van der Waals surface area contributed by atoms with Crippen molar-refractivity contribution in [2.24, 2.45) is 5.73 Å². The van der Waals surface area contributed by atoms with Gasteiger partial charge in [0.2, 0.25) is 0 Å². The van der Waals surface area contributed by atoms with Crippen LogP contribution in [0.3, 0.4) is 0 Å². The molecule has 0 aliphatic rings. The minimum Gasteiger partial charge on any atom is -0.472 e. The molecule has 84 valence electrons. The van der Waals surface area contributed by atoms with E-state index in [0.717, 1.165) is 26.5 Å². The maximum atomic E-state index is 6.15. The van der Waals surface area contributed by atoms with Crippen LogP contribution < -0.4 is 5.73 Å². The zero-order valence-corrected chi connectivity index (χ0v) is 11.7.